The Labute approximate surface area is 332 Å². The molecule has 266 valence electrons. The van der Waals surface area contributed by atoms with Gasteiger partial charge in [-0.05, 0) is 112 Å². The Morgan fingerprint density at radius 1 is 0.228 bits per heavy atom. The van der Waals surface area contributed by atoms with Crippen molar-refractivity contribution in [3.05, 3.63) is 224 Å². The molecule has 0 aromatic heterocycles. The van der Waals surface area contributed by atoms with E-state index in [0.29, 0.717) is 0 Å². The highest BCUT2D eigenvalue weighted by Gasteiger charge is 2.18. The maximum atomic E-state index is 2.42. The number of hydrogen-bond acceptors (Lipinski definition) is 1. The van der Waals surface area contributed by atoms with Crippen LogP contribution in [-0.2, 0) is 0 Å². The summed E-state index contributed by atoms with van der Waals surface area (Å²) in [7, 11) is 0. The van der Waals surface area contributed by atoms with Crippen LogP contribution in [0.3, 0.4) is 0 Å². The topological polar surface area (TPSA) is 3.24 Å². The van der Waals surface area contributed by atoms with Crippen molar-refractivity contribution in [2.75, 3.05) is 4.90 Å². The Balaban J connectivity index is 0.985. The highest BCUT2D eigenvalue weighted by Crippen LogP contribution is 2.43. The van der Waals surface area contributed by atoms with E-state index in [1.807, 2.05) is 0 Å². The molecule has 0 atom stereocenters. The molecule has 0 saturated heterocycles. The molecule has 11 rings (SSSR count). The third-order valence-electron chi connectivity index (χ3n) is 11.6. The van der Waals surface area contributed by atoms with Gasteiger partial charge in [0, 0.05) is 16.8 Å². The lowest BCUT2D eigenvalue weighted by Crippen LogP contribution is -2.10. The van der Waals surface area contributed by atoms with Gasteiger partial charge in [-0.2, -0.15) is 0 Å². The van der Waals surface area contributed by atoms with Crippen LogP contribution in [0.4, 0.5) is 17.1 Å². The van der Waals surface area contributed by atoms with Crippen molar-refractivity contribution in [3.63, 3.8) is 0 Å². The first-order valence-corrected chi connectivity index (χ1v) is 19.7. The highest BCUT2D eigenvalue weighted by molar-refractivity contribution is 6.19. The first kappa shape index (κ1) is 32.9. The maximum Gasteiger partial charge on any atom is 0.0546 e. The standard InChI is InChI=1S/C56H37N/c1-2-12-38(13-3-1)43-16-10-17-46(36-43)57(56-37-44-15-5-7-19-49(44)50-20-8-9-21-55(50)56)45-31-28-40(29-32-45)39-24-26-42(27-25-39)48-22-11-23-51-52(48)34-35-53-47-18-6-4-14-41(47)30-33-54(51)53/h1-37H. The van der Waals surface area contributed by atoms with Crippen LogP contribution in [0, 0.1) is 0 Å². The van der Waals surface area contributed by atoms with Crippen molar-refractivity contribution in [1.82, 2.24) is 0 Å². The molecule has 0 N–H and O–H groups in total. The summed E-state index contributed by atoms with van der Waals surface area (Å²) in [5.74, 6) is 0. The zero-order valence-corrected chi connectivity index (χ0v) is 31.3. The molecule has 0 radical (unpaired) electrons. The summed E-state index contributed by atoms with van der Waals surface area (Å²) in [6.45, 7) is 0. The monoisotopic (exact) mass is 723 g/mol. The summed E-state index contributed by atoms with van der Waals surface area (Å²) in [6, 6.07) is 82.0. The van der Waals surface area contributed by atoms with E-state index in [1.54, 1.807) is 0 Å². The number of anilines is 3. The number of rotatable bonds is 6. The fraction of sp³-hybridized carbons (Fsp3) is 0. The number of nitrogens with zero attached hydrogens (tertiary/aromatic N) is 1. The van der Waals surface area contributed by atoms with Crippen molar-refractivity contribution < 1.29 is 0 Å². The largest absolute Gasteiger partial charge is 0.310 e. The Kier molecular flexibility index (Phi) is 7.89. The molecule has 0 fully saturated rings. The van der Waals surface area contributed by atoms with Crippen LogP contribution in [0.15, 0.2) is 224 Å². The van der Waals surface area contributed by atoms with E-state index in [2.05, 4.69) is 229 Å². The lowest BCUT2D eigenvalue weighted by Gasteiger charge is -2.28. The minimum absolute atomic E-state index is 1.11. The Morgan fingerprint density at radius 3 is 1.51 bits per heavy atom. The predicted molar refractivity (Wildman–Crippen MR) is 245 cm³/mol. The number of fused-ring (bicyclic) bond motifs is 8. The Hall–Kier alpha value is -7.48. The molecule has 0 aliphatic rings. The molecular formula is C56H37N. The number of benzene rings is 11. The molecular weight excluding hydrogens is 687 g/mol. The highest BCUT2D eigenvalue weighted by atomic mass is 15.1. The first-order chi connectivity index (χ1) is 28.3. The van der Waals surface area contributed by atoms with Gasteiger partial charge in [0.15, 0.2) is 0 Å². The molecule has 0 saturated carbocycles. The fourth-order valence-corrected chi connectivity index (χ4v) is 8.86. The molecule has 11 aromatic carbocycles. The van der Waals surface area contributed by atoms with E-state index in [1.165, 1.54) is 87.2 Å². The lowest BCUT2D eigenvalue weighted by atomic mass is 9.92. The molecule has 0 heterocycles. The third-order valence-corrected chi connectivity index (χ3v) is 11.6. The van der Waals surface area contributed by atoms with Crippen LogP contribution in [-0.4, -0.2) is 0 Å². The van der Waals surface area contributed by atoms with Crippen molar-refractivity contribution in [1.29, 1.82) is 0 Å². The van der Waals surface area contributed by atoms with Crippen LogP contribution < -0.4 is 4.90 Å². The summed E-state index contributed by atoms with van der Waals surface area (Å²) in [5.41, 5.74) is 10.6. The van der Waals surface area contributed by atoms with E-state index in [0.717, 1.165) is 17.1 Å². The van der Waals surface area contributed by atoms with Crippen LogP contribution in [0.25, 0.3) is 87.2 Å². The average Bonchev–Trinajstić information content (AvgIpc) is 3.29. The summed E-state index contributed by atoms with van der Waals surface area (Å²) < 4.78 is 0. The molecule has 0 aliphatic carbocycles. The van der Waals surface area contributed by atoms with Gasteiger partial charge in [0.05, 0.1) is 5.69 Å². The molecule has 0 amide bonds. The third kappa shape index (κ3) is 5.72. The van der Waals surface area contributed by atoms with E-state index < -0.39 is 0 Å². The quantitative estimate of drug-likeness (QED) is 0.154. The molecule has 0 bridgehead atoms. The van der Waals surface area contributed by atoms with E-state index in [9.17, 15) is 0 Å². The SMILES string of the molecule is c1ccc(-c2cccc(N(c3ccc(-c4ccc(-c5cccc6c5ccc5c7ccccc7ccc65)cc4)cc3)c3cc4ccccc4c4ccccc34)c2)cc1. The first-order valence-electron chi connectivity index (χ1n) is 19.7. The minimum Gasteiger partial charge on any atom is -0.310 e. The Bertz CT molecular complexity index is 3270. The zero-order chi connectivity index (χ0) is 37.7. The van der Waals surface area contributed by atoms with Gasteiger partial charge in [0.25, 0.3) is 0 Å². The van der Waals surface area contributed by atoms with Crippen molar-refractivity contribution in [2.45, 2.75) is 0 Å². The average molecular weight is 724 g/mol. The van der Waals surface area contributed by atoms with Gasteiger partial charge >= 0.3 is 0 Å². The predicted octanol–water partition coefficient (Wildman–Crippen LogP) is 15.9. The lowest BCUT2D eigenvalue weighted by molar-refractivity contribution is 1.30. The molecule has 57 heavy (non-hydrogen) atoms. The van der Waals surface area contributed by atoms with E-state index in [4.69, 9.17) is 0 Å². The zero-order valence-electron chi connectivity index (χ0n) is 31.3. The van der Waals surface area contributed by atoms with Gasteiger partial charge < -0.3 is 4.90 Å². The molecule has 0 unspecified atom stereocenters. The van der Waals surface area contributed by atoms with E-state index >= 15 is 0 Å². The summed E-state index contributed by atoms with van der Waals surface area (Å²) in [4.78, 5) is 2.42. The van der Waals surface area contributed by atoms with Gasteiger partial charge in [-0.15, -0.1) is 0 Å². The maximum absolute atomic E-state index is 2.42. The van der Waals surface area contributed by atoms with Crippen molar-refractivity contribution in [3.8, 4) is 33.4 Å². The van der Waals surface area contributed by atoms with Crippen molar-refractivity contribution in [2.24, 2.45) is 0 Å². The second-order valence-electron chi connectivity index (χ2n) is 14.9. The second-order valence-corrected chi connectivity index (χ2v) is 14.9. The molecule has 0 spiro atoms. The van der Waals surface area contributed by atoms with Gasteiger partial charge in [-0.25, -0.2) is 0 Å². The smallest absolute Gasteiger partial charge is 0.0546 e. The second kappa shape index (κ2) is 13.7. The summed E-state index contributed by atoms with van der Waals surface area (Å²) >= 11 is 0. The van der Waals surface area contributed by atoms with Gasteiger partial charge in [0.2, 0.25) is 0 Å². The number of hydrogen-bond donors (Lipinski definition) is 0. The molecule has 1 nitrogen and oxygen atoms in total. The fourth-order valence-electron chi connectivity index (χ4n) is 8.86. The van der Waals surface area contributed by atoms with Crippen LogP contribution in [0.5, 0.6) is 0 Å². The summed E-state index contributed by atoms with van der Waals surface area (Å²) in [6.07, 6.45) is 0. The minimum atomic E-state index is 1.11. The summed E-state index contributed by atoms with van der Waals surface area (Å²) in [5, 5.41) is 12.7. The van der Waals surface area contributed by atoms with Gasteiger partial charge in [0.1, 0.15) is 0 Å². The van der Waals surface area contributed by atoms with Crippen LogP contribution >= 0.6 is 0 Å². The molecule has 11 aromatic rings. The van der Waals surface area contributed by atoms with E-state index in [-0.39, 0.29) is 0 Å². The van der Waals surface area contributed by atoms with Crippen LogP contribution in [0.1, 0.15) is 0 Å². The van der Waals surface area contributed by atoms with Gasteiger partial charge in [-0.1, -0.05) is 194 Å². The Morgan fingerprint density at radius 2 is 0.719 bits per heavy atom. The van der Waals surface area contributed by atoms with Gasteiger partial charge in [-0.3, -0.25) is 0 Å². The van der Waals surface area contributed by atoms with Crippen LogP contribution in [0.2, 0.25) is 0 Å². The molecule has 1 heteroatoms. The molecule has 0 aliphatic heterocycles. The van der Waals surface area contributed by atoms with Crippen molar-refractivity contribution >= 4 is 70.9 Å². The normalized spacial score (nSPS) is 11.5.